The van der Waals surface area contributed by atoms with Crippen LogP contribution < -0.4 is 10.5 Å². The van der Waals surface area contributed by atoms with E-state index in [0.29, 0.717) is 16.0 Å². The molecule has 8 nitrogen and oxygen atoms in total. The molecule has 0 atom stereocenters. The molecule has 3 aliphatic heterocycles. The molecule has 1 fully saturated rings. The van der Waals surface area contributed by atoms with E-state index in [4.69, 9.17) is 9.25 Å². The fourth-order valence-electron chi connectivity index (χ4n) is 4.38. The number of hydrogen-bond acceptors (Lipinski definition) is 7. The number of hydrogen-bond donors (Lipinski definition) is 0. The average molecular weight is 382 g/mol. The summed E-state index contributed by atoms with van der Waals surface area (Å²) in [5.41, 5.74) is 2.71. The maximum Gasteiger partial charge on any atom is 0.371 e. The van der Waals surface area contributed by atoms with Crippen LogP contribution in [0.15, 0.2) is 21.3 Å². The number of amides is 2. The summed E-state index contributed by atoms with van der Waals surface area (Å²) in [5, 5.41) is 1.09. The standard InChI is InChI=1S/C20H18N2O6/c23-15-5-6-16(24)22(15)28-20(26)14-10-12-9-11-3-1-7-21-8-2-4-13(17(11)21)18(12)27-19(14)25/h9-10H,1-8H2. The van der Waals surface area contributed by atoms with Gasteiger partial charge < -0.3 is 14.2 Å². The van der Waals surface area contributed by atoms with E-state index in [1.807, 2.05) is 6.07 Å². The second-order valence-electron chi connectivity index (χ2n) is 7.38. The lowest BCUT2D eigenvalue weighted by molar-refractivity contribution is -0.172. The van der Waals surface area contributed by atoms with Crippen LogP contribution in [-0.2, 0) is 27.3 Å². The molecule has 2 aromatic rings. The second kappa shape index (κ2) is 6.19. The van der Waals surface area contributed by atoms with Crippen LogP contribution in [0.25, 0.3) is 11.0 Å². The van der Waals surface area contributed by atoms with E-state index in [9.17, 15) is 19.2 Å². The highest BCUT2D eigenvalue weighted by molar-refractivity contribution is 6.03. The van der Waals surface area contributed by atoms with E-state index in [0.717, 1.165) is 50.0 Å². The van der Waals surface area contributed by atoms with Crippen LogP contribution in [0.3, 0.4) is 0 Å². The summed E-state index contributed by atoms with van der Waals surface area (Å²) in [6.07, 6.45) is 3.78. The lowest BCUT2D eigenvalue weighted by Gasteiger charge is -2.37. The Morgan fingerprint density at radius 3 is 2.43 bits per heavy atom. The fraction of sp³-hybridized carbons (Fsp3) is 0.400. The maximum atomic E-state index is 12.5. The summed E-state index contributed by atoms with van der Waals surface area (Å²) >= 11 is 0. The van der Waals surface area contributed by atoms with Crippen molar-refractivity contribution in [2.45, 2.75) is 38.5 Å². The SMILES string of the molecule is O=C(ON1C(=O)CCC1=O)c1cc2cc3c4c(c2oc1=O)CCCN4CCC3. The maximum absolute atomic E-state index is 12.5. The smallest absolute Gasteiger partial charge is 0.371 e. The molecular weight excluding hydrogens is 364 g/mol. The van der Waals surface area contributed by atoms with Gasteiger partial charge in [-0.05, 0) is 43.4 Å². The molecule has 1 aromatic carbocycles. The summed E-state index contributed by atoms with van der Waals surface area (Å²) in [5.74, 6) is -2.25. The third-order valence-corrected chi connectivity index (χ3v) is 5.62. The molecule has 8 heteroatoms. The van der Waals surface area contributed by atoms with E-state index < -0.39 is 23.4 Å². The van der Waals surface area contributed by atoms with Crippen molar-refractivity contribution in [2.24, 2.45) is 0 Å². The van der Waals surface area contributed by atoms with Gasteiger partial charge in [-0.1, -0.05) is 0 Å². The number of nitrogens with zero attached hydrogens (tertiary/aromatic N) is 2. The molecule has 2 amide bonds. The van der Waals surface area contributed by atoms with Crippen molar-refractivity contribution >= 4 is 34.4 Å². The van der Waals surface area contributed by atoms with Gasteiger partial charge in [0.15, 0.2) is 0 Å². The van der Waals surface area contributed by atoms with Gasteiger partial charge in [0, 0.05) is 42.6 Å². The first-order valence-corrected chi connectivity index (χ1v) is 9.48. The van der Waals surface area contributed by atoms with E-state index >= 15 is 0 Å². The molecule has 0 spiro atoms. The number of rotatable bonds is 2. The van der Waals surface area contributed by atoms with E-state index in [-0.39, 0.29) is 18.4 Å². The third-order valence-electron chi connectivity index (χ3n) is 5.62. The van der Waals surface area contributed by atoms with Gasteiger partial charge in [0.1, 0.15) is 11.1 Å². The van der Waals surface area contributed by atoms with Crippen molar-refractivity contribution in [3.63, 3.8) is 0 Å². The normalized spacial score (nSPS) is 18.6. The van der Waals surface area contributed by atoms with Crippen molar-refractivity contribution in [2.75, 3.05) is 18.0 Å². The van der Waals surface area contributed by atoms with Crippen LogP contribution in [0.2, 0.25) is 0 Å². The molecule has 0 aliphatic carbocycles. The molecule has 1 aromatic heterocycles. The van der Waals surface area contributed by atoms with Crippen LogP contribution >= 0.6 is 0 Å². The molecule has 0 radical (unpaired) electrons. The lowest BCUT2D eigenvalue weighted by Crippen LogP contribution is -2.35. The first kappa shape index (κ1) is 17.0. The molecule has 5 rings (SSSR count). The summed E-state index contributed by atoms with van der Waals surface area (Å²) in [7, 11) is 0. The molecule has 0 unspecified atom stereocenters. The van der Waals surface area contributed by atoms with Gasteiger partial charge in [-0.2, -0.15) is 0 Å². The Morgan fingerprint density at radius 2 is 1.68 bits per heavy atom. The average Bonchev–Trinajstić information content (AvgIpc) is 3.00. The summed E-state index contributed by atoms with van der Waals surface area (Å²) in [6.45, 7) is 2.00. The number of benzene rings is 1. The van der Waals surface area contributed by atoms with Gasteiger partial charge >= 0.3 is 11.6 Å². The lowest BCUT2D eigenvalue weighted by atomic mass is 9.90. The Bertz CT molecular complexity index is 1080. The fourth-order valence-corrected chi connectivity index (χ4v) is 4.38. The Labute approximate surface area is 159 Å². The number of carbonyl (C=O) groups excluding carboxylic acids is 3. The highest BCUT2D eigenvalue weighted by atomic mass is 16.7. The number of fused-ring (bicyclic) bond motifs is 2. The monoisotopic (exact) mass is 382 g/mol. The molecule has 0 bridgehead atoms. The first-order valence-electron chi connectivity index (χ1n) is 9.48. The van der Waals surface area contributed by atoms with Crippen LogP contribution in [-0.4, -0.2) is 35.9 Å². The van der Waals surface area contributed by atoms with Gasteiger partial charge in [0.2, 0.25) is 0 Å². The van der Waals surface area contributed by atoms with Crippen LogP contribution in [0, 0.1) is 0 Å². The van der Waals surface area contributed by atoms with Crippen LogP contribution in [0.5, 0.6) is 0 Å². The van der Waals surface area contributed by atoms with Gasteiger partial charge in [-0.25, -0.2) is 9.59 Å². The van der Waals surface area contributed by atoms with Crippen molar-refractivity contribution in [1.29, 1.82) is 0 Å². The Morgan fingerprint density at radius 1 is 0.964 bits per heavy atom. The summed E-state index contributed by atoms with van der Waals surface area (Å²) in [6, 6.07) is 3.40. The minimum absolute atomic E-state index is 0.00949. The predicted octanol–water partition coefficient (Wildman–Crippen LogP) is 1.71. The predicted molar refractivity (Wildman–Crippen MR) is 97.8 cm³/mol. The molecule has 4 heterocycles. The van der Waals surface area contributed by atoms with Gasteiger partial charge in [-0.15, -0.1) is 5.06 Å². The van der Waals surface area contributed by atoms with Crippen molar-refractivity contribution in [3.05, 3.63) is 39.2 Å². The zero-order valence-electron chi connectivity index (χ0n) is 15.2. The molecule has 3 aliphatic rings. The summed E-state index contributed by atoms with van der Waals surface area (Å²) < 4.78 is 5.53. The molecule has 0 saturated carbocycles. The minimum atomic E-state index is -1.06. The second-order valence-corrected chi connectivity index (χ2v) is 7.38. The number of carbonyl (C=O) groups is 3. The Balaban J connectivity index is 1.58. The quantitative estimate of drug-likeness (QED) is 0.576. The van der Waals surface area contributed by atoms with Gasteiger partial charge in [-0.3, -0.25) is 9.59 Å². The zero-order valence-corrected chi connectivity index (χ0v) is 15.2. The Hall–Kier alpha value is -3.16. The minimum Gasteiger partial charge on any atom is -0.422 e. The molecule has 1 saturated heterocycles. The topological polar surface area (TPSA) is 97.1 Å². The first-order chi connectivity index (χ1) is 13.5. The number of hydroxylamine groups is 2. The number of aryl methyl sites for hydroxylation is 2. The van der Waals surface area contributed by atoms with Crippen molar-refractivity contribution in [1.82, 2.24) is 5.06 Å². The molecular formula is C20H18N2O6. The molecule has 0 N–H and O–H groups in total. The van der Waals surface area contributed by atoms with E-state index in [1.165, 1.54) is 11.6 Å². The highest BCUT2D eigenvalue weighted by Crippen LogP contribution is 2.39. The number of imide groups is 1. The number of anilines is 1. The largest absolute Gasteiger partial charge is 0.422 e. The summed E-state index contributed by atoms with van der Waals surface area (Å²) in [4.78, 5) is 55.4. The zero-order chi connectivity index (χ0) is 19.4. The van der Waals surface area contributed by atoms with Gasteiger partial charge in [0.25, 0.3) is 11.8 Å². The highest BCUT2D eigenvalue weighted by Gasteiger charge is 2.34. The van der Waals surface area contributed by atoms with E-state index in [1.54, 1.807) is 0 Å². The van der Waals surface area contributed by atoms with Crippen molar-refractivity contribution < 1.29 is 23.6 Å². The third kappa shape index (κ3) is 2.51. The molecule has 144 valence electrons. The van der Waals surface area contributed by atoms with E-state index in [2.05, 4.69) is 4.90 Å². The van der Waals surface area contributed by atoms with Gasteiger partial charge in [0.05, 0.1) is 0 Å². The van der Waals surface area contributed by atoms with Crippen LogP contribution in [0.1, 0.15) is 47.2 Å². The van der Waals surface area contributed by atoms with Crippen LogP contribution in [0.4, 0.5) is 5.69 Å². The molecule has 28 heavy (non-hydrogen) atoms. The van der Waals surface area contributed by atoms with Crippen molar-refractivity contribution in [3.8, 4) is 0 Å². The Kier molecular flexibility index (Phi) is 3.75.